The third kappa shape index (κ3) is 3.45. The smallest absolute Gasteiger partial charge is 0.270 e. The van der Waals surface area contributed by atoms with Crippen molar-refractivity contribution in [2.45, 2.75) is 55.9 Å². The summed E-state index contributed by atoms with van der Waals surface area (Å²) in [7, 11) is 0. The van der Waals surface area contributed by atoms with Crippen LogP contribution in [0.2, 0.25) is 0 Å². The lowest BCUT2D eigenvalue weighted by molar-refractivity contribution is 0.105. The van der Waals surface area contributed by atoms with Crippen LogP contribution in [-0.4, -0.2) is 10.4 Å². The molecule has 0 bridgehead atoms. The molecule has 0 fully saturated rings. The summed E-state index contributed by atoms with van der Waals surface area (Å²) in [6, 6.07) is 14.4. The third-order valence-corrected chi connectivity index (χ3v) is 9.80. The Bertz CT molecular complexity index is 1420. The molecular formula is C25H23NO2S3. The summed E-state index contributed by atoms with van der Waals surface area (Å²) < 4.78 is 4.35. The molecule has 1 aromatic heterocycles. The second-order valence-electron chi connectivity index (χ2n) is 8.83. The van der Waals surface area contributed by atoms with Gasteiger partial charge >= 0.3 is 0 Å². The molecule has 0 spiro atoms. The van der Waals surface area contributed by atoms with Gasteiger partial charge < -0.3 is 0 Å². The van der Waals surface area contributed by atoms with Gasteiger partial charge in [0.25, 0.3) is 5.56 Å². The molecule has 0 atom stereocenters. The van der Waals surface area contributed by atoms with Gasteiger partial charge in [0, 0.05) is 33.9 Å². The standard InChI is InChI=1S/C25H23NO2S3/c1-5-26-22(28)21(24-29-18-11-10-15(25(2,3)4)13-19(18)30-24)31-23(26)17-12-14-8-6-7-9-16(14)20(17)27/h6-11,13H,5,12H2,1-4H3. The number of aromatic nitrogens is 1. The average molecular weight is 466 g/mol. The van der Waals surface area contributed by atoms with E-state index in [1.54, 1.807) is 28.1 Å². The monoisotopic (exact) mass is 465 g/mol. The fourth-order valence-corrected chi connectivity index (χ4v) is 7.95. The van der Waals surface area contributed by atoms with Gasteiger partial charge in [0.15, 0.2) is 5.78 Å². The second kappa shape index (κ2) is 7.54. The summed E-state index contributed by atoms with van der Waals surface area (Å²) in [4.78, 5) is 28.8. The van der Waals surface area contributed by atoms with Crippen molar-refractivity contribution in [1.29, 1.82) is 0 Å². The van der Waals surface area contributed by atoms with E-state index in [0.717, 1.165) is 30.1 Å². The van der Waals surface area contributed by atoms with Gasteiger partial charge in [0.05, 0.1) is 4.24 Å². The minimum absolute atomic E-state index is 0.0117. The van der Waals surface area contributed by atoms with Crippen LogP contribution in [0.4, 0.5) is 0 Å². The number of carbonyl (C=O) groups is 1. The number of Topliss-reactive ketones (excluding diaryl/α,β-unsaturated/α-hetero) is 1. The SMILES string of the molecule is CCn1c(=C2Cc3ccccc3C2=O)sc(=C2Sc3ccc(C(C)(C)C)cc3S2)c1=O. The number of hydrogen-bond donors (Lipinski definition) is 0. The third-order valence-electron chi connectivity index (χ3n) is 5.76. The van der Waals surface area contributed by atoms with Gasteiger partial charge in [-0.2, -0.15) is 0 Å². The Morgan fingerprint density at radius 1 is 1.00 bits per heavy atom. The highest BCUT2D eigenvalue weighted by Crippen LogP contribution is 2.52. The quantitative estimate of drug-likeness (QED) is 0.518. The number of hydrogen-bond acceptors (Lipinski definition) is 5. The zero-order chi connectivity index (χ0) is 21.9. The normalized spacial score (nSPS) is 19.0. The fraction of sp³-hybridized carbons (Fsp3) is 0.280. The second-order valence-corrected chi connectivity index (χ2v) is 12.2. The maximum Gasteiger partial charge on any atom is 0.270 e. The van der Waals surface area contributed by atoms with Crippen LogP contribution < -0.4 is 14.8 Å². The van der Waals surface area contributed by atoms with Gasteiger partial charge in [0.1, 0.15) is 9.20 Å². The van der Waals surface area contributed by atoms with E-state index in [-0.39, 0.29) is 16.8 Å². The van der Waals surface area contributed by atoms with Crippen LogP contribution in [0.15, 0.2) is 57.1 Å². The van der Waals surface area contributed by atoms with Gasteiger partial charge in [-0.15, -0.1) is 11.3 Å². The number of ketones is 1. The van der Waals surface area contributed by atoms with Crippen LogP contribution in [0, 0.1) is 0 Å². The van der Waals surface area contributed by atoms with E-state index >= 15 is 0 Å². The highest BCUT2D eigenvalue weighted by Gasteiger charge is 2.28. The van der Waals surface area contributed by atoms with Crippen molar-refractivity contribution in [2.24, 2.45) is 0 Å². The molecule has 158 valence electrons. The Hall–Kier alpha value is -2.02. The van der Waals surface area contributed by atoms with Gasteiger partial charge in [-0.25, -0.2) is 0 Å². The lowest BCUT2D eigenvalue weighted by Crippen LogP contribution is -2.32. The molecule has 0 unspecified atom stereocenters. The molecule has 5 rings (SSSR count). The number of benzene rings is 2. The largest absolute Gasteiger partial charge is 0.299 e. The van der Waals surface area contributed by atoms with Crippen LogP contribution in [0.25, 0.3) is 9.81 Å². The molecule has 1 aliphatic carbocycles. The maximum absolute atomic E-state index is 13.3. The molecule has 0 amide bonds. The Labute approximate surface area is 193 Å². The predicted molar refractivity (Wildman–Crippen MR) is 132 cm³/mol. The van der Waals surface area contributed by atoms with E-state index in [4.69, 9.17) is 0 Å². The summed E-state index contributed by atoms with van der Waals surface area (Å²) in [5, 5.41) is 0. The molecule has 2 heterocycles. The Balaban J connectivity index is 1.66. The molecule has 31 heavy (non-hydrogen) atoms. The highest BCUT2D eigenvalue weighted by atomic mass is 32.2. The van der Waals surface area contributed by atoms with Crippen molar-refractivity contribution in [3.63, 3.8) is 0 Å². The lowest BCUT2D eigenvalue weighted by atomic mass is 9.87. The van der Waals surface area contributed by atoms with Crippen molar-refractivity contribution in [3.8, 4) is 0 Å². The Kier molecular flexibility index (Phi) is 5.07. The van der Waals surface area contributed by atoms with E-state index in [1.165, 1.54) is 26.7 Å². The molecule has 3 nitrogen and oxygen atoms in total. The zero-order valence-corrected chi connectivity index (χ0v) is 20.4. The molecular weight excluding hydrogens is 442 g/mol. The molecule has 1 aliphatic heterocycles. The first-order chi connectivity index (χ1) is 14.8. The van der Waals surface area contributed by atoms with Gasteiger partial charge in [-0.05, 0) is 35.6 Å². The summed E-state index contributed by atoms with van der Waals surface area (Å²) in [6.45, 7) is 9.17. The number of carbonyl (C=O) groups excluding carboxylic acids is 1. The first-order valence-electron chi connectivity index (χ1n) is 10.4. The Morgan fingerprint density at radius 3 is 2.45 bits per heavy atom. The molecule has 0 saturated heterocycles. The molecule has 0 saturated carbocycles. The zero-order valence-electron chi connectivity index (χ0n) is 17.9. The van der Waals surface area contributed by atoms with Crippen LogP contribution in [0.3, 0.4) is 0 Å². The number of nitrogens with zero attached hydrogens (tertiary/aromatic N) is 1. The first-order valence-corrected chi connectivity index (χ1v) is 12.8. The number of thioether (sulfide) groups is 2. The van der Waals surface area contributed by atoms with Crippen LogP contribution in [0.5, 0.6) is 0 Å². The van der Waals surface area contributed by atoms with Crippen molar-refractivity contribution in [1.82, 2.24) is 4.57 Å². The molecule has 6 heteroatoms. The number of rotatable bonds is 1. The van der Waals surface area contributed by atoms with E-state index in [0.29, 0.717) is 13.0 Å². The lowest BCUT2D eigenvalue weighted by Gasteiger charge is -2.19. The summed E-state index contributed by atoms with van der Waals surface area (Å²) >= 11 is 4.82. The van der Waals surface area contributed by atoms with Gasteiger partial charge in [-0.3, -0.25) is 14.2 Å². The number of thiazole rings is 1. The van der Waals surface area contributed by atoms with Crippen molar-refractivity contribution < 1.29 is 4.79 Å². The topological polar surface area (TPSA) is 39.1 Å². The van der Waals surface area contributed by atoms with Gasteiger partial charge in [0.2, 0.25) is 0 Å². The average Bonchev–Trinajstić information content (AvgIpc) is 3.40. The Morgan fingerprint density at radius 2 is 1.74 bits per heavy atom. The van der Waals surface area contributed by atoms with Gasteiger partial charge in [-0.1, -0.05) is 74.6 Å². The van der Waals surface area contributed by atoms with Crippen molar-refractivity contribution in [2.75, 3.05) is 0 Å². The van der Waals surface area contributed by atoms with Crippen LogP contribution >= 0.6 is 34.9 Å². The molecule has 2 aromatic carbocycles. The van der Waals surface area contributed by atoms with Crippen LogP contribution in [-0.2, 0) is 18.4 Å². The molecule has 0 N–H and O–H groups in total. The maximum atomic E-state index is 13.3. The van der Waals surface area contributed by atoms with E-state index in [2.05, 4.69) is 39.0 Å². The minimum Gasteiger partial charge on any atom is -0.299 e. The fourth-order valence-electron chi connectivity index (χ4n) is 4.00. The number of fused-ring (bicyclic) bond motifs is 2. The highest BCUT2D eigenvalue weighted by molar-refractivity contribution is 8.32. The summed E-state index contributed by atoms with van der Waals surface area (Å²) in [5.41, 5.74) is 3.95. The minimum atomic E-state index is 0.0117. The van der Waals surface area contributed by atoms with E-state index in [9.17, 15) is 9.59 Å². The van der Waals surface area contributed by atoms with Crippen molar-refractivity contribution in [3.05, 3.63) is 78.7 Å². The van der Waals surface area contributed by atoms with E-state index in [1.807, 2.05) is 31.2 Å². The molecule has 2 aliphatic rings. The van der Waals surface area contributed by atoms with Crippen molar-refractivity contribution >= 4 is 50.5 Å². The van der Waals surface area contributed by atoms with E-state index < -0.39 is 0 Å². The first kappa shape index (κ1) is 20.9. The predicted octanol–water partition coefficient (Wildman–Crippen LogP) is 4.78. The molecule has 3 aromatic rings. The summed E-state index contributed by atoms with van der Waals surface area (Å²) in [5.74, 6) is 0.0560. The summed E-state index contributed by atoms with van der Waals surface area (Å²) in [6.07, 6.45) is 0.596. The molecule has 0 radical (unpaired) electrons. The van der Waals surface area contributed by atoms with Crippen LogP contribution in [0.1, 0.15) is 49.2 Å².